The number of thioether (sulfide) groups is 1. The summed E-state index contributed by atoms with van der Waals surface area (Å²) < 4.78 is 1.70. The van der Waals surface area contributed by atoms with Gasteiger partial charge in [-0.2, -0.15) is 0 Å². The van der Waals surface area contributed by atoms with Gasteiger partial charge in [-0.05, 0) is 41.5 Å². The van der Waals surface area contributed by atoms with Gasteiger partial charge in [0.25, 0.3) is 5.91 Å². The first kappa shape index (κ1) is 17.5. The van der Waals surface area contributed by atoms with Crippen LogP contribution in [0.5, 0.6) is 0 Å². The number of nitrogens with zero attached hydrogens (tertiary/aromatic N) is 2. The zero-order valence-corrected chi connectivity index (χ0v) is 14.7. The molecule has 3 aromatic rings. The van der Waals surface area contributed by atoms with Crippen LogP contribution in [0.3, 0.4) is 0 Å². The van der Waals surface area contributed by atoms with E-state index in [0.717, 1.165) is 12.2 Å². The maximum atomic E-state index is 11.0. The number of aliphatic hydroxyl groups excluding tert-OH is 1. The van der Waals surface area contributed by atoms with Crippen LogP contribution in [-0.2, 0) is 6.54 Å². The fraction of sp³-hybridized carbons (Fsp3) is 0.263. The summed E-state index contributed by atoms with van der Waals surface area (Å²) in [6.07, 6.45) is 4.23. The van der Waals surface area contributed by atoms with Crippen molar-refractivity contribution in [3.63, 3.8) is 0 Å². The van der Waals surface area contributed by atoms with E-state index in [0.29, 0.717) is 13.0 Å². The van der Waals surface area contributed by atoms with Gasteiger partial charge in [-0.3, -0.25) is 4.79 Å². The van der Waals surface area contributed by atoms with Crippen molar-refractivity contribution in [2.24, 2.45) is 5.73 Å². The maximum absolute atomic E-state index is 11.0. The van der Waals surface area contributed by atoms with Crippen molar-refractivity contribution in [3.8, 4) is 0 Å². The number of carbonyl (C=O) groups is 1. The molecule has 1 amide bonds. The van der Waals surface area contributed by atoms with Crippen LogP contribution in [0.1, 0.15) is 23.3 Å². The molecule has 1 unspecified atom stereocenters. The second-order valence-corrected chi connectivity index (χ2v) is 7.14. The molecule has 0 aliphatic carbocycles. The molecule has 0 bridgehead atoms. The lowest BCUT2D eigenvalue weighted by Crippen LogP contribution is -2.15. The van der Waals surface area contributed by atoms with Gasteiger partial charge in [0.15, 0.2) is 0 Å². The highest BCUT2D eigenvalue weighted by atomic mass is 32.2. The van der Waals surface area contributed by atoms with E-state index in [2.05, 4.69) is 35.3 Å². The number of carbonyl (C=O) groups excluding carboxylic acids is 1. The predicted molar refractivity (Wildman–Crippen MR) is 101 cm³/mol. The van der Waals surface area contributed by atoms with Crippen LogP contribution >= 0.6 is 11.8 Å². The summed E-state index contributed by atoms with van der Waals surface area (Å²) in [5, 5.41) is 12.6. The quantitative estimate of drug-likeness (QED) is 0.481. The van der Waals surface area contributed by atoms with Gasteiger partial charge in [0.05, 0.1) is 12.4 Å². The Labute approximate surface area is 150 Å². The Hall–Kier alpha value is -2.31. The number of fused-ring (bicyclic) bond motifs is 1. The van der Waals surface area contributed by atoms with E-state index in [1.165, 1.54) is 22.0 Å². The minimum atomic E-state index is -0.556. The van der Waals surface area contributed by atoms with Crippen LogP contribution < -0.4 is 5.73 Å². The molecule has 0 saturated carbocycles. The molecule has 0 fully saturated rings. The topological polar surface area (TPSA) is 81.1 Å². The van der Waals surface area contributed by atoms with E-state index in [9.17, 15) is 9.90 Å². The summed E-state index contributed by atoms with van der Waals surface area (Å²) in [7, 11) is 0. The SMILES string of the molecule is NC(=O)c1cn(CC(O)CCCSc2ccc3ccccc3c2)cn1. The fourth-order valence-electron chi connectivity index (χ4n) is 2.69. The largest absolute Gasteiger partial charge is 0.391 e. The first-order valence-electron chi connectivity index (χ1n) is 8.23. The molecule has 6 heteroatoms. The number of amides is 1. The third-order valence-electron chi connectivity index (χ3n) is 3.98. The maximum Gasteiger partial charge on any atom is 0.268 e. The van der Waals surface area contributed by atoms with E-state index < -0.39 is 12.0 Å². The molecule has 3 rings (SSSR count). The lowest BCUT2D eigenvalue weighted by molar-refractivity contribution is 0.0995. The molecule has 0 aliphatic rings. The number of hydrogen-bond donors (Lipinski definition) is 2. The van der Waals surface area contributed by atoms with Crippen LogP contribution in [0, 0.1) is 0 Å². The first-order chi connectivity index (χ1) is 12.1. The molecule has 5 nitrogen and oxygen atoms in total. The molecule has 130 valence electrons. The van der Waals surface area contributed by atoms with E-state index in [-0.39, 0.29) is 5.69 Å². The van der Waals surface area contributed by atoms with Crippen molar-refractivity contribution in [2.75, 3.05) is 5.75 Å². The second kappa shape index (κ2) is 8.18. The van der Waals surface area contributed by atoms with Crippen LogP contribution in [0.15, 0.2) is 59.9 Å². The summed E-state index contributed by atoms with van der Waals surface area (Å²) in [5.74, 6) is 0.395. The van der Waals surface area contributed by atoms with Gasteiger partial charge in [-0.25, -0.2) is 4.98 Å². The standard InChI is InChI=1S/C19H21N3O2S/c20-19(24)18-12-22(13-21-18)11-16(23)6-3-9-25-17-8-7-14-4-1-2-5-15(14)10-17/h1-2,4-5,7-8,10,12-13,16,23H,3,6,9,11H2,(H2,20,24). The van der Waals surface area contributed by atoms with E-state index in [1.54, 1.807) is 22.5 Å². The Balaban J connectivity index is 1.43. The van der Waals surface area contributed by atoms with Gasteiger partial charge in [0, 0.05) is 17.6 Å². The van der Waals surface area contributed by atoms with Crippen molar-refractivity contribution in [1.29, 1.82) is 0 Å². The van der Waals surface area contributed by atoms with Crippen molar-refractivity contribution in [1.82, 2.24) is 9.55 Å². The summed E-state index contributed by atoms with van der Waals surface area (Å²) in [4.78, 5) is 16.2. The summed E-state index contributed by atoms with van der Waals surface area (Å²) in [6.45, 7) is 0.418. The molecule has 1 heterocycles. The smallest absolute Gasteiger partial charge is 0.268 e. The summed E-state index contributed by atoms with van der Waals surface area (Å²) >= 11 is 1.80. The van der Waals surface area contributed by atoms with Gasteiger partial charge < -0.3 is 15.4 Å². The first-order valence-corrected chi connectivity index (χ1v) is 9.21. The van der Waals surface area contributed by atoms with Crippen LogP contribution in [-0.4, -0.2) is 32.4 Å². The molecule has 0 radical (unpaired) electrons. The van der Waals surface area contributed by atoms with Crippen molar-refractivity contribution >= 4 is 28.4 Å². The summed E-state index contributed by atoms with van der Waals surface area (Å²) in [5.41, 5.74) is 5.39. The van der Waals surface area contributed by atoms with Crippen molar-refractivity contribution in [2.45, 2.75) is 30.4 Å². The second-order valence-electron chi connectivity index (χ2n) is 5.97. The number of rotatable bonds is 8. The lowest BCUT2D eigenvalue weighted by atomic mass is 10.1. The summed E-state index contributed by atoms with van der Waals surface area (Å²) in [6, 6.07) is 14.8. The van der Waals surface area contributed by atoms with Crippen LogP contribution in [0.25, 0.3) is 10.8 Å². The van der Waals surface area contributed by atoms with Gasteiger partial charge in [0.1, 0.15) is 5.69 Å². The lowest BCUT2D eigenvalue weighted by Gasteiger charge is -2.11. The Morgan fingerprint density at radius 2 is 2.04 bits per heavy atom. The molecule has 0 saturated heterocycles. The average molecular weight is 355 g/mol. The van der Waals surface area contributed by atoms with Crippen LogP contribution in [0.4, 0.5) is 0 Å². The highest BCUT2D eigenvalue weighted by Crippen LogP contribution is 2.24. The molecule has 1 aromatic heterocycles. The van der Waals surface area contributed by atoms with Gasteiger partial charge >= 0.3 is 0 Å². The van der Waals surface area contributed by atoms with Gasteiger partial charge in [-0.15, -0.1) is 11.8 Å². The molecule has 3 N–H and O–H groups in total. The fourth-order valence-corrected chi connectivity index (χ4v) is 3.61. The minimum absolute atomic E-state index is 0.221. The minimum Gasteiger partial charge on any atom is -0.391 e. The van der Waals surface area contributed by atoms with E-state index >= 15 is 0 Å². The number of imidazole rings is 1. The molecule has 25 heavy (non-hydrogen) atoms. The Bertz CT molecular complexity index is 863. The molecule has 2 aromatic carbocycles. The normalized spacial score (nSPS) is 12.4. The van der Waals surface area contributed by atoms with E-state index in [4.69, 9.17) is 5.73 Å². The molecular weight excluding hydrogens is 334 g/mol. The predicted octanol–water partition coefficient (Wildman–Crippen LogP) is 3.07. The molecule has 1 atom stereocenters. The zero-order valence-electron chi connectivity index (χ0n) is 13.8. The monoisotopic (exact) mass is 355 g/mol. The number of aromatic nitrogens is 2. The number of hydrogen-bond acceptors (Lipinski definition) is 4. The van der Waals surface area contributed by atoms with Gasteiger partial charge in [-0.1, -0.05) is 30.3 Å². The Morgan fingerprint density at radius 1 is 1.24 bits per heavy atom. The highest BCUT2D eigenvalue weighted by Gasteiger charge is 2.09. The third kappa shape index (κ3) is 4.84. The number of benzene rings is 2. The van der Waals surface area contributed by atoms with Crippen LogP contribution in [0.2, 0.25) is 0 Å². The Morgan fingerprint density at radius 3 is 2.80 bits per heavy atom. The number of aliphatic hydroxyl groups is 1. The van der Waals surface area contributed by atoms with Gasteiger partial charge in [0.2, 0.25) is 0 Å². The third-order valence-corrected chi connectivity index (χ3v) is 5.06. The number of nitrogens with two attached hydrogens (primary N) is 1. The van der Waals surface area contributed by atoms with Crippen molar-refractivity contribution in [3.05, 3.63) is 60.7 Å². The average Bonchev–Trinajstić information content (AvgIpc) is 3.07. The van der Waals surface area contributed by atoms with Crippen molar-refractivity contribution < 1.29 is 9.90 Å². The Kier molecular flexibility index (Phi) is 5.73. The molecule has 0 spiro atoms. The molecule has 0 aliphatic heterocycles. The highest BCUT2D eigenvalue weighted by molar-refractivity contribution is 7.99. The number of primary amides is 1. The zero-order chi connectivity index (χ0) is 17.6. The van der Waals surface area contributed by atoms with E-state index in [1.807, 2.05) is 12.1 Å². The molecular formula is C19H21N3O2S.